The van der Waals surface area contributed by atoms with Crippen molar-refractivity contribution >= 4 is 5.97 Å². The zero-order chi connectivity index (χ0) is 10.1. The lowest BCUT2D eigenvalue weighted by Crippen LogP contribution is -2.05. The van der Waals surface area contributed by atoms with Crippen molar-refractivity contribution in [2.75, 3.05) is 0 Å². The molecule has 0 spiro atoms. The van der Waals surface area contributed by atoms with Crippen LogP contribution in [0.25, 0.3) is 0 Å². The number of ether oxygens (including phenoxy) is 1. The molecule has 1 atom stereocenters. The minimum absolute atomic E-state index is 0.0736. The highest BCUT2D eigenvalue weighted by Crippen LogP contribution is 2.05. The third kappa shape index (κ3) is 7.12. The third-order valence-corrected chi connectivity index (χ3v) is 1.57. The molecular weight excluding hydrogens is 168 g/mol. The molecule has 1 unspecified atom stereocenters. The molecule has 0 aromatic rings. The highest BCUT2D eigenvalue weighted by Gasteiger charge is 2.00. The second-order valence-electron chi connectivity index (χ2n) is 2.69. The molecule has 3 nitrogen and oxygen atoms in total. The Morgan fingerprint density at radius 3 is 2.85 bits per heavy atom. The molecule has 0 saturated carbocycles. The molecule has 0 saturated heterocycles. The van der Waals surface area contributed by atoms with Gasteiger partial charge in [0.15, 0.2) is 0 Å². The molecule has 0 bridgehead atoms. The van der Waals surface area contributed by atoms with Gasteiger partial charge in [-0.05, 0) is 12.8 Å². The molecule has 0 fully saturated rings. The highest BCUT2D eigenvalue weighted by atomic mass is 16.5. The van der Waals surface area contributed by atoms with Crippen molar-refractivity contribution < 1.29 is 14.6 Å². The second-order valence-corrected chi connectivity index (χ2v) is 2.69. The van der Waals surface area contributed by atoms with Crippen LogP contribution in [0.2, 0.25) is 0 Å². The van der Waals surface area contributed by atoms with E-state index in [2.05, 4.69) is 13.5 Å². The summed E-state index contributed by atoms with van der Waals surface area (Å²) in [4.78, 5) is 10.1. The first-order valence-electron chi connectivity index (χ1n) is 4.38. The van der Waals surface area contributed by atoms with E-state index < -0.39 is 5.97 Å². The van der Waals surface area contributed by atoms with E-state index in [-0.39, 0.29) is 6.10 Å². The summed E-state index contributed by atoms with van der Waals surface area (Å²) in [5.41, 5.74) is 0. The van der Waals surface area contributed by atoms with Gasteiger partial charge in [0.2, 0.25) is 0 Å². The summed E-state index contributed by atoms with van der Waals surface area (Å²) < 4.78 is 5.12. The van der Waals surface area contributed by atoms with Gasteiger partial charge in [0.05, 0.1) is 12.3 Å². The fourth-order valence-electron chi connectivity index (χ4n) is 0.845. The normalized spacial score (nSPS) is 12.7. The largest absolute Gasteiger partial charge is 0.494 e. The molecule has 0 radical (unpaired) electrons. The van der Waals surface area contributed by atoms with Gasteiger partial charge >= 0.3 is 5.97 Å². The van der Waals surface area contributed by atoms with Crippen molar-refractivity contribution in [1.29, 1.82) is 0 Å². The van der Waals surface area contributed by atoms with E-state index in [1.54, 1.807) is 6.08 Å². The summed E-state index contributed by atoms with van der Waals surface area (Å²) in [6.45, 7) is 5.70. The molecule has 13 heavy (non-hydrogen) atoms. The Hall–Kier alpha value is -1.25. The van der Waals surface area contributed by atoms with Crippen LogP contribution in [0.1, 0.15) is 26.2 Å². The van der Waals surface area contributed by atoms with Crippen molar-refractivity contribution in [3.8, 4) is 0 Å². The van der Waals surface area contributed by atoms with Crippen LogP contribution in [-0.2, 0) is 9.53 Å². The van der Waals surface area contributed by atoms with Crippen molar-refractivity contribution in [3.05, 3.63) is 25.0 Å². The molecule has 0 aliphatic rings. The number of hydrogen-bond acceptors (Lipinski definition) is 2. The average Bonchev–Trinajstić information content (AvgIpc) is 2.10. The van der Waals surface area contributed by atoms with Crippen molar-refractivity contribution in [1.82, 2.24) is 0 Å². The van der Waals surface area contributed by atoms with E-state index in [4.69, 9.17) is 9.84 Å². The molecule has 1 N–H and O–H groups in total. The van der Waals surface area contributed by atoms with Crippen molar-refractivity contribution in [2.24, 2.45) is 0 Å². The highest BCUT2D eigenvalue weighted by molar-refractivity contribution is 5.79. The summed E-state index contributed by atoms with van der Waals surface area (Å²) in [6, 6.07) is 0. The van der Waals surface area contributed by atoms with Crippen LogP contribution in [0.5, 0.6) is 0 Å². The summed E-state index contributed by atoms with van der Waals surface area (Å²) >= 11 is 0. The van der Waals surface area contributed by atoms with E-state index >= 15 is 0 Å². The molecule has 74 valence electrons. The fourth-order valence-corrected chi connectivity index (χ4v) is 0.845. The van der Waals surface area contributed by atoms with Crippen LogP contribution in [0.15, 0.2) is 25.0 Å². The summed E-state index contributed by atoms with van der Waals surface area (Å²) in [6.07, 6.45) is 6.81. The Kier molecular flexibility index (Phi) is 6.69. The van der Waals surface area contributed by atoms with Gasteiger partial charge in [-0.2, -0.15) is 0 Å². The van der Waals surface area contributed by atoms with Gasteiger partial charge in [0.1, 0.15) is 6.10 Å². The van der Waals surface area contributed by atoms with Gasteiger partial charge in [-0.3, -0.25) is 0 Å². The molecule has 0 rings (SSSR count). The van der Waals surface area contributed by atoms with Gasteiger partial charge in [0.25, 0.3) is 0 Å². The van der Waals surface area contributed by atoms with Gasteiger partial charge in [-0.1, -0.05) is 26.0 Å². The number of hydrogen-bond donors (Lipinski definition) is 1. The first kappa shape index (κ1) is 11.8. The summed E-state index contributed by atoms with van der Waals surface area (Å²) in [5.74, 6) is -1.00. The number of unbranched alkanes of at least 4 members (excludes halogenated alkanes) is 1. The van der Waals surface area contributed by atoms with Crippen molar-refractivity contribution in [3.63, 3.8) is 0 Å². The van der Waals surface area contributed by atoms with Gasteiger partial charge in [-0.15, -0.1) is 0 Å². The Morgan fingerprint density at radius 1 is 1.69 bits per heavy atom. The molecule has 0 aliphatic heterocycles. The number of carboxylic acid groups (broad SMARTS) is 1. The van der Waals surface area contributed by atoms with Crippen LogP contribution in [0.3, 0.4) is 0 Å². The Morgan fingerprint density at radius 2 is 2.38 bits per heavy atom. The number of aliphatic carboxylic acids is 1. The van der Waals surface area contributed by atoms with Gasteiger partial charge in [-0.25, -0.2) is 4.79 Å². The quantitative estimate of drug-likeness (QED) is 0.375. The van der Waals surface area contributed by atoms with Crippen LogP contribution in [0, 0.1) is 0 Å². The standard InChI is InChI=1S/C10H16O3/c1-3-5-6-9(4-2)13-8-7-10(11)12/h4,7-9H,2-3,5-6H2,1H3,(H,11,12). The SMILES string of the molecule is C=CC(CCCC)OC=CC(=O)O. The fraction of sp³-hybridized carbons (Fsp3) is 0.500. The zero-order valence-electron chi connectivity index (χ0n) is 7.90. The van der Waals surface area contributed by atoms with E-state index in [0.29, 0.717) is 0 Å². The van der Waals surface area contributed by atoms with E-state index in [9.17, 15) is 4.79 Å². The minimum atomic E-state index is -1.00. The molecular formula is C10H16O3. The summed E-state index contributed by atoms with van der Waals surface area (Å²) in [5, 5.41) is 8.28. The Bertz CT molecular complexity index is 185. The van der Waals surface area contributed by atoms with Crippen molar-refractivity contribution in [2.45, 2.75) is 32.3 Å². The number of carbonyl (C=O) groups is 1. The van der Waals surface area contributed by atoms with Crippen LogP contribution >= 0.6 is 0 Å². The van der Waals surface area contributed by atoms with Gasteiger partial charge < -0.3 is 9.84 Å². The van der Waals surface area contributed by atoms with E-state index in [0.717, 1.165) is 25.3 Å². The molecule has 0 aromatic heterocycles. The maximum atomic E-state index is 10.1. The predicted molar refractivity (Wildman–Crippen MR) is 51.4 cm³/mol. The van der Waals surface area contributed by atoms with Crippen LogP contribution in [-0.4, -0.2) is 17.2 Å². The molecule has 0 amide bonds. The number of rotatable bonds is 7. The third-order valence-electron chi connectivity index (χ3n) is 1.57. The number of carboxylic acids is 1. The Labute approximate surface area is 78.7 Å². The first-order valence-corrected chi connectivity index (χ1v) is 4.38. The molecule has 0 aliphatic carbocycles. The lowest BCUT2D eigenvalue weighted by Gasteiger charge is -2.10. The van der Waals surface area contributed by atoms with Crippen LogP contribution < -0.4 is 0 Å². The average molecular weight is 184 g/mol. The second kappa shape index (κ2) is 7.40. The zero-order valence-corrected chi connectivity index (χ0v) is 7.90. The topological polar surface area (TPSA) is 46.5 Å². The lowest BCUT2D eigenvalue weighted by molar-refractivity contribution is -0.131. The summed E-state index contributed by atoms with van der Waals surface area (Å²) in [7, 11) is 0. The monoisotopic (exact) mass is 184 g/mol. The maximum absolute atomic E-state index is 10.1. The smallest absolute Gasteiger partial charge is 0.331 e. The van der Waals surface area contributed by atoms with Gasteiger partial charge in [0, 0.05) is 0 Å². The minimum Gasteiger partial charge on any atom is -0.494 e. The van der Waals surface area contributed by atoms with E-state index in [1.807, 2.05) is 0 Å². The molecule has 0 aromatic carbocycles. The van der Waals surface area contributed by atoms with E-state index in [1.165, 1.54) is 6.26 Å². The molecule has 3 heteroatoms. The van der Waals surface area contributed by atoms with Crippen LogP contribution in [0.4, 0.5) is 0 Å². The first-order chi connectivity index (χ1) is 6.20. The predicted octanol–water partition coefficient (Wildman–Crippen LogP) is 2.35. The lowest BCUT2D eigenvalue weighted by atomic mass is 10.1. The Balaban J connectivity index is 3.71. The molecule has 0 heterocycles. The maximum Gasteiger partial charge on any atom is 0.331 e.